The van der Waals surface area contributed by atoms with Crippen LogP contribution in [-0.4, -0.2) is 64.7 Å². The van der Waals surface area contributed by atoms with Crippen LogP contribution >= 0.6 is 23.2 Å². The number of hydrogen-bond acceptors (Lipinski definition) is 6. The molecule has 1 atom stereocenters. The number of nitrogens with zero attached hydrogens (tertiary/aromatic N) is 2. The molecule has 2 rings (SSSR count). The van der Waals surface area contributed by atoms with E-state index in [0.717, 1.165) is 10.6 Å². The lowest BCUT2D eigenvalue weighted by molar-refractivity contribution is -0.139. The molecule has 12 heteroatoms. The molecule has 0 fully saturated rings. The lowest BCUT2D eigenvalue weighted by Crippen LogP contribution is -2.51. The Balaban J connectivity index is 2.50. The summed E-state index contributed by atoms with van der Waals surface area (Å²) >= 11 is 12.7. The van der Waals surface area contributed by atoms with E-state index < -0.39 is 28.5 Å². The van der Waals surface area contributed by atoms with Gasteiger partial charge in [0.15, 0.2) is 0 Å². The van der Waals surface area contributed by atoms with Gasteiger partial charge in [-0.25, -0.2) is 8.42 Å². The molecule has 0 bridgehead atoms. The average molecular weight is 561 g/mol. The summed E-state index contributed by atoms with van der Waals surface area (Å²) < 4.78 is 37.0. The van der Waals surface area contributed by atoms with Crippen LogP contribution in [0.4, 0.5) is 5.69 Å². The van der Waals surface area contributed by atoms with Crippen LogP contribution in [0.5, 0.6) is 11.5 Å². The van der Waals surface area contributed by atoms with Crippen LogP contribution in [0.3, 0.4) is 0 Å². The second-order valence-corrected chi connectivity index (χ2v) is 10.7. The molecule has 0 aliphatic heterocycles. The number of ether oxygens (including phenoxy) is 2. The summed E-state index contributed by atoms with van der Waals surface area (Å²) in [5, 5.41) is 3.40. The predicted octanol–water partition coefficient (Wildman–Crippen LogP) is 3.72. The zero-order valence-corrected chi connectivity index (χ0v) is 23.2. The van der Waals surface area contributed by atoms with Crippen molar-refractivity contribution < 1.29 is 27.5 Å². The number of nitrogens with one attached hydrogen (secondary N) is 1. The van der Waals surface area contributed by atoms with Crippen molar-refractivity contribution in [3.8, 4) is 11.5 Å². The Bertz CT molecular complexity index is 1170. The Morgan fingerprint density at radius 3 is 2.25 bits per heavy atom. The number of hydrogen-bond donors (Lipinski definition) is 1. The van der Waals surface area contributed by atoms with E-state index in [1.807, 2.05) is 6.92 Å². The number of benzene rings is 2. The topological polar surface area (TPSA) is 105 Å². The summed E-state index contributed by atoms with van der Waals surface area (Å²) in [6, 6.07) is 8.53. The number of sulfonamides is 1. The average Bonchev–Trinajstić information content (AvgIpc) is 2.84. The molecule has 0 saturated heterocycles. The van der Waals surface area contributed by atoms with E-state index in [1.165, 1.54) is 31.3 Å². The quantitative estimate of drug-likeness (QED) is 0.425. The largest absolute Gasteiger partial charge is 0.497 e. The predicted molar refractivity (Wildman–Crippen MR) is 142 cm³/mol. The zero-order chi connectivity index (χ0) is 27.0. The van der Waals surface area contributed by atoms with Crippen molar-refractivity contribution in [3.05, 3.63) is 52.0 Å². The molecule has 36 heavy (non-hydrogen) atoms. The molecular weight excluding hydrogens is 529 g/mol. The Morgan fingerprint density at radius 1 is 1.08 bits per heavy atom. The SMILES string of the molecule is CCCNC(=O)C(C)N(Cc1c(Cl)cccc1Cl)C(=O)CN(c1ccc(OC)cc1OC)S(C)(=O)=O. The van der Waals surface area contributed by atoms with Gasteiger partial charge in [0, 0.05) is 34.8 Å². The number of halogens is 2. The summed E-state index contributed by atoms with van der Waals surface area (Å²) in [6.07, 6.45) is 1.69. The molecule has 0 radical (unpaired) electrons. The van der Waals surface area contributed by atoms with Crippen LogP contribution < -0.4 is 19.1 Å². The van der Waals surface area contributed by atoms with Gasteiger partial charge < -0.3 is 19.7 Å². The van der Waals surface area contributed by atoms with E-state index in [-0.39, 0.29) is 23.9 Å². The third-order valence-corrected chi connectivity index (χ3v) is 7.28. The molecule has 0 saturated carbocycles. The van der Waals surface area contributed by atoms with Crippen LogP contribution in [0.2, 0.25) is 10.0 Å². The summed E-state index contributed by atoms with van der Waals surface area (Å²) in [6.45, 7) is 3.21. The highest BCUT2D eigenvalue weighted by molar-refractivity contribution is 7.92. The van der Waals surface area contributed by atoms with Crippen molar-refractivity contribution in [1.29, 1.82) is 0 Å². The molecule has 198 valence electrons. The monoisotopic (exact) mass is 559 g/mol. The minimum atomic E-state index is -3.94. The van der Waals surface area contributed by atoms with Crippen LogP contribution in [0, 0.1) is 0 Å². The van der Waals surface area contributed by atoms with Crippen LogP contribution in [-0.2, 0) is 26.2 Å². The normalized spacial score (nSPS) is 12.0. The lowest BCUT2D eigenvalue weighted by atomic mass is 10.1. The van der Waals surface area contributed by atoms with Crippen molar-refractivity contribution in [1.82, 2.24) is 10.2 Å². The van der Waals surface area contributed by atoms with Crippen molar-refractivity contribution in [2.75, 3.05) is 37.9 Å². The van der Waals surface area contributed by atoms with Gasteiger partial charge in [0.2, 0.25) is 21.8 Å². The highest BCUT2D eigenvalue weighted by atomic mass is 35.5. The first kappa shape index (κ1) is 29.5. The van der Waals surface area contributed by atoms with Crippen molar-refractivity contribution in [3.63, 3.8) is 0 Å². The Hall–Kier alpha value is -2.69. The Labute approximate surface area is 222 Å². The molecule has 0 heterocycles. The standard InChI is InChI=1S/C24H31Cl2N3O6S/c1-6-12-27-24(31)16(2)28(14-18-19(25)8-7-9-20(18)26)23(30)15-29(36(5,32)33)21-11-10-17(34-3)13-22(21)35-4/h7-11,13,16H,6,12,14-15H2,1-5H3,(H,27,31). The van der Waals surface area contributed by atoms with E-state index in [1.54, 1.807) is 31.2 Å². The summed E-state index contributed by atoms with van der Waals surface area (Å²) in [5.41, 5.74) is 0.588. The first-order valence-electron chi connectivity index (χ1n) is 11.1. The van der Waals surface area contributed by atoms with Crippen molar-refractivity contribution in [2.45, 2.75) is 32.9 Å². The van der Waals surface area contributed by atoms with Gasteiger partial charge in [-0.1, -0.05) is 36.2 Å². The molecule has 0 aromatic heterocycles. The second kappa shape index (κ2) is 13.0. The molecule has 9 nitrogen and oxygen atoms in total. The molecular formula is C24H31Cl2N3O6S. The van der Waals surface area contributed by atoms with Gasteiger partial charge in [0.25, 0.3) is 0 Å². The number of amides is 2. The smallest absolute Gasteiger partial charge is 0.244 e. The van der Waals surface area contributed by atoms with Crippen LogP contribution in [0.1, 0.15) is 25.8 Å². The summed E-state index contributed by atoms with van der Waals surface area (Å²) in [4.78, 5) is 27.7. The Kier molecular flexibility index (Phi) is 10.7. The fraction of sp³-hybridized carbons (Fsp3) is 0.417. The highest BCUT2D eigenvalue weighted by Crippen LogP contribution is 2.34. The Morgan fingerprint density at radius 2 is 1.72 bits per heavy atom. The van der Waals surface area contributed by atoms with Crippen LogP contribution in [0.25, 0.3) is 0 Å². The van der Waals surface area contributed by atoms with E-state index in [0.29, 0.717) is 34.3 Å². The number of carbonyl (C=O) groups excluding carboxylic acids is 2. The van der Waals surface area contributed by atoms with Gasteiger partial charge in [-0.3, -0.25) is 13.9 Å². The molecule has 0 spiro atoms. The molecule has 2 aromatic rings. The van der Waals surface area contributed by atoms with Crippen LogP contribution in [0.15, 0.2) is 36.4 Å². The molecule has 0 aliphatic carbocycles. The number of methoxy groups -OCH3 is 2. The minimum absolute atomic E-state index is 0.102. The maximum absolute atomic E-state index is 13.6. The van der Waals surface area contributed by atoms with E-state index in [2.05, 4.69) is 5.32 Å². The molecule has 1 unspecified atom stereocenters. The van der Waals surface area contributed by atoms with Gasteiger partial charge in [-0.2, -0.15) is 0 Å². The maximum atomic E-state index is 13.6. The molecule has 2 aromatic carbocycles. The molecule has 2 amide bonds. The number of anilines is 1. The maximum Gasteiger partial charge on any atom is 0.244 e. The van der Waals surface area contributed by atoms with E-state index in [9.17, 15) is 18.0 Å². The van der Waals surface area contributed by atoms with Gasteiger partial charge in [-0.05, 0) is 37.6 Å². The first-order chi connectivity index (χ1) is 16.9. The second-order valence-electron chi connectivity index (χ2n) is 8.00. The zero-order valence-electron chi connectivity index (χ0n) is 20.9. The van der Waals surface area contributed by atoms with Crippen molar-refractivity contribution >= 4 is 50.7 Å². The van der Waals surface area contributed by atoms with Gasteiger partial charge in [0.05, 0.1) is 26.2 Å². The van der Waals surface area contributed by atoms with Gasteiger partial charge in [-0.15, -0.1) is 0 Å². The highest BCUT2D eigenvalue weighted by Gasteiger charge is 2.32. The van der Waals surface area contributed by atoms with E-state index in [4.69, 9.17) is 32.7 Å². The summed E-state index contributed by atoms with van der Waals surface area (Å²) in [5.74, 6) is -0.372. The van der Waals surface area contributed by atoms with E-state index >= 15 is 0 Å². The van der Waals surface area contributed by atoms with Crippen molar-refractivity contribution in [2.24, 2.45) is 0 Å². The molecule has 0 aliphatic rings. The third kappa shape index (κ3) is 7.41. The molecule has 1 N–H and O–H groups in total. The first-order valence-corrected chi connectivity index (χ1v) is 13.7. The minimum Gasteiger partial charge on any atom is -0.497 e. The summed E-state index contributed by atoms with van der Waals surface area (Å²) in [7, 11) is -1.09. The number of rotatable bonds is 12. The fourth-order valence-electron chi connectivity index (χ4n) is 3.42. The fourth-order valence-corrected chi connectivity index (χ4v) is 4.79. The van der Waals surface area contributed by atoms with Gasteiger partial charge >= 0.3 is 0 Å². The number of carbonyl (C=O) groups is 2. The lowest BCUT2D eigenvalue weighted by Gasteiger charge is -2.32. The third-order valence-electron chi connectivity index (χ3n) is 5.44. The van der Waals surface area contributed by atoms with Gasteiger partial charge in [0.1, 0.15) is 24.1 Å².